The lowest BCUT2D eigenvalue weighted by Gasteiger charge is -2.40. The molecule has 4 rings (SSSR count). The van der Waals surface area contributed by atoms with E-state index in [2.05, 4.69) is 20.4 Å². The molecule has 0 spiro atoms. The molecule has 2 aliphatic rings. The van der Waals surface area contributed by atoms with Crippen LogP contribution in [-0.4, -0.2) is 50.6 Å². The molecule has 1 N–H and O–H groups in total. The highest BCUT2D eigenvalue weighted by Gasteiger charge is 2.30. The molecule has 1 saturated heterocycles. The topological polar surface area (TPSA) is 62.5 Å². The Morgan fingerprint density at radius 2 is 2.04 bits per heavy atom. The Morgan fingerprint density at radius 3 is 2.92 bits per heavy atom. The summed E-state index contributed by atoms with van der Waals surface area (Å²) in [6, 6.07) is 5.07. The second kappa shape index (κ2) is 7.52. The molecule has 3 heterocycles. The number of carbonyl (C=O) groups excluding carboxylic acids is 1. The maximum Gasteiger partial charge on any atom is 0.255 e. The minimum absolute atomic E-state index is 0.0539. The summed E-state index contributed by atoms with van der Waals surface area (Å²) in [4.78, 5) is 15.3. The zero-order valence-corrected chi connectivity index (χ0v) is 14.7. The molecule has 1 aliphatic carbocycles. The number of hydrogen-bond acceptors (Lipinski definition) is 4. The lowest BCUT2D eigenvalue weighted by molar-refractivity contribution is 0.0860. The molecule has 6 nitrogen and oxygen atoms in total. The van der Waals surface area contributed by atoms with Gasteiger partial charge in [0, 0.05) is 24.8 Å². The molecule has 1 saturated carbocycles. The molecule has 1 unspecified atom stereocenters. The third-order valence-corrected chi connectivity index (χ3v) is 5.80. The number of likely N-dealkylation sites (tertiary alicyclic amines) is 1. The Bertz CT molecular complexity index is 721. The van der Waals surface area contributed by atoms with Crippen molar-refractivity contribution in [1.82, 2.24) is 24.8 Å². The highest BCUT2D eigenvalue weighted by molar-refractivity contribution is 5.99. The lowest BCUT2D eigenvalue weighted by atomic mass is 9.96. The Kier molecular flexibility index (Phi) is 4.97. The van der Waals surface area contributed by atoms with E-state index in [9.17, 15) is 4.79 Å². The Balaban J connectivity index is 1.34. The van der Waals surface area contributed by atoms with Crippen LogP contribution in [0.5, 0.6) is 0 Å². The highest BCUT2D eigenvalue weighted by atomic mass is 16.1. The summed E-state index contributed by atoms with van der Waals surface area (Å²) in [5, 5.41) is 11.0. The Hall–Kier alpha value is -1.95. The van der Waals surface area contributed by atoms with E-state index in [-0.39, 0.29) is 5.91 Å². The predicted octanol–water partition coefficient (Wildman–Crippen LogP) is 2.65. The quantitative estimate of drug-likeness (QED) is 0.908. The number of rotatable bonds is 5. The number of pyridine rings is 1. The van der Waals surface area contributed by atoms with E-state index in [0.717, 1.165) is 19.0 Å². The van der Waals surface area contributed by atoms with E-state index in [1.54, 1.807) is 10.7 Å². The van der Waals surface area contributed by atoms with Gasteiger partial charge in [0.15, 0.2) is 5.65 Å². The summed E-state index contributed by atoms with van der Waals surface area (Å²) in [6.07, 6.45) is 13.9. The molecular formula is C19H27N5O. The average molecular weight is 341 g/mol. The van der Waals surface area contributed by atoms with Crippen LogP contribution in [0.4, 0.5) is 0 Å². The van der Waals surface area contributed by atoms with Crippen molar-refractivity contribution in [3.8, 4) is 0 Å². The first-order chi connectivity index (χ1) is 12.3. The fraction of sp³-hybridized carbons (Fsp3) is 0.632. The van der Waals surface area contributed by atoms with Gasteiger partial charge in [0.25, 0.3) is 5.91 Å². The van der Waals surface area contributed by atoms with Crippen LogP contribution < -0.4 is 5.32 Å². The predicted molar refractivity (Wildman–Crippen MR) is 96.5 cm³/mol. The second-order valence-electron chi connectivity index (χ2n) is 7.35. The fourth-order valence-corrected chi connectivity index (χ4v) is 4.53. The molecule has 25 heavy (non-hydrogen) atoms. The Labute approximate surface area is 148 Å². The molecule has 2 aromatic rings. The maximum absolute atomic E-state index is 12.5. The summed E-state index contributed by atoms with van der Waals surface area (Å²) in [5.41, 5.74) is 1.21. The number of nitrogens with zero attached hydrogens (tertiary/aromatic N) is 4. The summed E-state index contributed by atoms with van der Waals surface area (Å²) in [5.74, 6) is -0.0539. The van der Waals surface area contributed by atoms with Crippen LogP contribution in [0, 0.1) is 0 Å². The molecule has 2 fully saturated rings. The van der Waals surface area contributed by atoms with Gasteiger partial charge in [-0.15, -0.1) is 10.2 Å². The monoisotopic (exact) mass is 341 g/mol. The first-order valence-corrected chi connectivity index (χ1v) is 9.65. The van der Waals surface area contributed by atoms with Crippen molar-refractivity contribution in [2.75, 3.05) is 13.1 Å². The van der Waals surface area contributed by atoms with Crippen LogP contribution in [0.1, 0.15) is 61.7 Å². The van der Waals surface area contributed by atoms with Crippen LogP contribution in [0.25, 0.3) is 5.65 Å². The first kappa shape index (κ1) is 16.5. The second-order valence-corrected chi connectivity index (χ2v) is 7.35. The van der Waals surface area contributed by atoms with Crippen LogP contribution >= 0.6 is 0 Å². The number of amides is 1. The molecule has 134 valence electrons. The zero-order chi connectivity index (χ0) is 17.1. The van der Waals surface area contributed by atoms with Crippen LogP contribution in [0.15, 0.2) is 24.7 Å². The van der Waals surface area contributed by atoms with Gasteiger partial charge in [0.2, 0.25) is 0 Å². The Morgan fingerprint density at radius 1 is 1.20 bits per heavy atom. The summed E-state index contributed by atoms with van der Waals surface area (Å²) < 4.78 is 1.78. The van der Waals surface area contributed by atoms with E-state index in [4.69, 9.17) is 0 Å². The van der Waals surface area contributed by atoms with Crippen molar-refractivity contribution >= 4 is 11.6 Å². The summed E-state index contributed by atoms with van der Waals surface area (Å²) >= 11 is 0. The largest absolute Gasteiger partial charge is 0.352 e. The number of fused-ring (bicyclic) bond motifs is 1. The SMILES string of the molecule is O=C(NCCC1CCCCN1C1CCCC1)c1cccn2cnnc12. The van der Waals surface area contributed by atoms with E-state index in [1.807, 2.05) is 18.3 Å². The number of piperidine rings is 1. The van der Waals surface area contributed by atoms with E-state index < -0.39 is 0 Å². The summed E-state index contributed by atoms with van der Waals surface area (Å²) in [6.45, 7) is 1.96. The highest BCUT2D eigenvalue weighted by Crippen LogP contribution is 2.30. The molecule has 6 heteroatoms. The van der Waals surface area contributed by atoms with Gasteiger partial charge in [-0.1, -0.05) is 19.3 Å². The van der Waals surface area contributed by atoms with Crippen molar-refractivity contribution in [3.05, 3.63) is 30.2 Å². The van der Waals surface area contributed by atoms with E-state index in [1.165, 1.54) is 51.5 Å². The zero-order valence-electron chi connectivity index (χ0n) is 14.7. The third kappa shape index (κ3) is 3.54. The maximum atomic E-state index is 12.5. The fourth-order valence-electron chi connectivity index (χ4n) is 4.53. The first-order valence-electron chi connectivity index (χ1n) is 9.65. The molecule has 1 amide bonds. The van der Waals surface area contributed by atoms with Gasteiger partial charge in [0.05, 0.1) is 5.56 Å². The van der Waals surface area contributed by atoms with Crippen LogP contribution in [-0.2, 0) is 0 Å². The van der Waals surface area contributed by atoms with Gasteiger partial charge in [-0.25, -0.2) is 0 Å². The molecule has 2 aromatic heterocycles. The molecule has 1 atom stereocenters. The average Bonchev–Trinajstić information content (AvgIpc) is 3.33. The van der Waals surface area contributed by atoms with Crippen LogP contribution in [0.3, 0.4) is 0 Å². The number of nitrogens with one attached hydrogen (secondary N) is 1. The molecule has 0 radical (unpaired) electrons. The van der Waals surface area contributed by atoms with Gasteiger partial charge >= 0.3 is 0 Å². The van der Waals surface area contributed by atoms with Gasteiger partial charge in [-0.05, 0) is 50.8 Å². The van der Waals surface area contributed by atoms with E-state index >= 15 is 0 Å². The molecular weight excluding hydrogens is 314 g/mol. The van der Waals surface area contributed by atoms with Gasteiger partial charge in [-0.3, -0.25) is 14.1 Å². The normalized spacial score (nSPS) is 22.5. The van der Waals surface area contributed by atoms with Crippen molar-refractivity contribution < 1.29 is 4.79 Å². The molecule has 0 aromatic carbocycles. The smallest absolute Gasteiger partial charge is 0.255 e. The number of hydrogen-bond donors (Lipinski definition) is 1. The lowest BCUT2D eigenvalue weighted by Crippen LogP contribution is -2.46. The standard InChI is InChI=1S/C19H27N5O/c25-19(17-9-5-12-23-14-21-22-18(17)23)20-11-10-16-8-3-4-13-24(16)15-6-1-2-7-15/h5,9,12,14-16H,1-4,6-8,10-11,13H2,(H,20,25). The van der Waals surface area contributed by atoms with Gasteiger partial charge < -0.3 is 5.32 Å². The number of aromatic nitrogens is 3. The molecule has 1 aliphatic heterocycles. The van der Waals surface area contributed by atoms with E-state index in [0.29, 0.717) is 17.3 Å². The summed E-state index contributed by atoms with van der Waals surface area (Å²) in [7, 11) is 0. The van der Waals surface area contributed by atoms with Crippen molar-refractivity contribution in [2.24, 2.45) is 0 Å². The minimum Gasteiger partial charge on any atom is -0.352 e. The van der Waals surface area contributed by atoms with Gasteiger partial charge in [-0.2, -0.15) is 0 Å². The van der Waals surface area contributed by atoms with Gasteiger partial charge in [0.1, 0.15) is 6.33 Å². The minimum atomic E-state index is -0.0539. The van der Waals surface area contributed by atoms with Crippen molar-refractivity contribution in [1.29, 1.82) is 0 Å². The third-order valence-electron chi connectivity index (χ3n) is 5.80. The van der Waals surface area contributed by atoms with Crippen LogP contribution in [0.2, 0.25) is 0 Å². The number of carbonyl (C=O) groups is 1. The van der Waals surface area contributed by atoms with Crippen molar-refractivity contribution in [3.63, 3.8) is 0 Å². The molecule has 0 bridgehead atoms. The van der Waals surface area contributed by atoms with Crippen molar-refractivity contribution in [2.45, 2.75) is 63.5 Å².